The van der Waals surface area contributed by atoms with Crippen LogP contribution in [0.4, 0.5) is 5.69 Å². The molecule has 1 aliphatic rings. The van der Waals surface area contributed by atoms with Gasteiger partial charge in [-0.2, -0.15) is 5.10 Å². The van der Waals surface area contributed by atoms with Crippen LogP contribution in [0.5, 0.6) is 0 Å². The third kappa shape index (κ3) is 4.01. The van der Waals surface area contributed by atoms with Gasteiger partial charge in [-0.3, -0.25) is 4.79 Å². The minimum atomic E-state index is -0.924. The summed E-state index contributed by atoms with van der Waals surface area (Å²) in [6.45, 7) is 4.81. The van der Waals surface area contributed by atoms with E-state index < -0.39 is 11.5 Å². The first-order chi connectivity index (χ1) is 12.9. The average molecular weight is 372 g/mol. The van der Waals surface area contributed by atoms with Gasteiger partial charge in [0.1, 0.15) is 11.1 Å². The van der Waals surface area contributed by atoms with Crippen LogP contribution in [0, 0.1) is 6.92 Å². The lowest BCUT2D eigenvalue weighted by Gasteiger charge is -2.31. The highest BCUT2D eigenvalue weighted by atomic mass is 16.5. The van der Waals surface area contributed by atoms with Gasteiger partial charge in [-0.25, -0.2) is 9.48 Å². The van der Waals surface area contributed by atoms with E-state index in [-0.39, 0.29) is 5.91 Å². The van der Waals surface area contributed by atoms with Crippen LogP contribution < -0.4 is 11.1 Å². The Balaban J connectivity index is 1.80. The number of carbonyl (C=O) groups is 2. The minimum Gasteiger partial charge on any atom is -0.462 e. The van der Waals surface area contributed by atoms with Crippen LogP contribution in [0.2, 0.25) is 0 Å². The molecule has 0 spiro atoms. The second-order valence-electron chi connectivity index (χ2n) is 6.55. The summed E-state index contributed by atoms with van der Waals surface area (Å²) in [5, 5.41) is 7.15. The number of nitrogens with zero attached hydrogens (tertiary/aromatic N) is 2. The number of hydrogen-bond donors (Lipinski definition) is 2. The molecule has 1 fully saturated rings. The molecule has 8 heteroatoms. The van der Waals surface area contributed by atoms with Crippen LogP contribution in [-0.4, -0.2) is 47.0 Å². The minimum absolute atomic E-state index is 0.229. The zero-order chi connectivity index (χ0) is 19.4. The number of nitrogens with one attached hydrogen (secondary N) is 1. The Morgan fingerprint density at radius 2 is 2.11 bits per heavy atom. The van der Waals surface area contributed by atoms with Gasteiger partial charge in [-0.1, -0.05) is 6.07 Å². The van der Waals surface area contributed by atoms with Crippen molar-refractivity contribution in [2.75, 3.05) is 25.1 Å². The second-order valence-corrected chi connectivity index (χ2v) is 6.55. The number of benzene rings is 1. The lowest BCUT2D eigenvalue weighted by Crippen LogP contribution is -2.54. The van der Waals surface area contributed by atoms with Crippen LogP contribution in [0.15, 0.2) is 30.5 Å². The van der Waals surface area contributed by atoms with Crippen molar-refractivity contribution < 1.29 is 19.1 Å². The number of esters is 1. The molecule has 0 atom stereocenters. The van der Waals surface area contributed by atoms with E-state index >= 15 is 0 Å². The molecule has 0 unspecified atom stereocenters. The standard InChI is InChI=1S/C19H24N4O4/c1-3-27-17(24)16-12-21-23(13(16)2)15-6-4-5-14(11-15)22-18(25)19(20)7-9-26-10-8-19/h4-6,11-12H,3,7-10,20H2,1-2H3,(H,22,25). The first kappa shape index (κ1) is 19.1. The molecule has 1 amide bonds. The van der Waals surface area contributed by atoms with Crippen LogP contribution in [0.3, 0.4) is 0 Å². The SMILES string of the molecule is CCOC(=O)c1cnn(-c2cccc(NC(=O)C3(N)CCOCC3)c2)c1C. The Morgan fingerprint density at radius 1 is 1.37 bits per heavy atom. The number of aromatic nitrogens is 2. The normalized spacial score (nSPS) is 16.0. The second kappa shape index (κ2) is 7.89. The highest BCUT2D eigenvalue weighted by molar-refractivity contribution is 5.98. The van der Waals surface area contributed by atoms with Crippen LogP contribution >= 0.6 is 0 Å². The molecule has 2 heterocycles. The lowest BCUT2D eigenvalue weighted by atomic mass is 9.90. The smallest absolute Gasteiger partial charge is 0.341 e. The third-order valence-corrected chi connectivity index (χ3v) is 4.69. The van der Waals surface area contributed by atoms with Crippen molar-refractivity contribution in [3.63, 3.8) is 0 Å². The molecule has 2 aromatic rings. The van der Waals surface area contributed by atoms with Crippen molar-refractivity contribution >= 4 is 17.6 Å². The Bertz CT molecular complexity index is 840. The molecule has 1 aromatic heterocycles. The van der Waals surface area contributed by atoms with E-state index in [4.69, 9.17) is 15.2 Å². The van der Waals surface area contributed by atoms with Gasteiger partial charge in [0.25, 0.3) is 0 Å². The third-order valence-electron chi connectivity index (χ3n) is 4.69. The van der Waals surface area contributed by atoms with Crippen LogP contribution in [0.25, 0.3) is 5.69 Å². The number of nitrogens with two attached hydrogens (primary N) is 1. The Labute approximate surface area is 157 Å². The molecular weight excluding hydrogens is 348 g/mol. The van der Waals surface area contributed by atoms with E-state index in [1.54, 1.807) is 30.7 Å². The summed E-state index contributed by atoms with van der Waals surface area (Å²) in [6.07, 6.45) is 2.45. The van der Waals surface area contributed by atoms with Gasteiger partial charge in [-0.15, -0.1) is 0 Å². The van der Waals surface area contributed by atoms with E-state index in [1.807, 2.05) is 12.1 Å². The van der Waals surface area contributed by atoms with Crippen molar-refractivity contribution in [3.05, 3.63) is 41.7 Å². The average Bonchev–Trinajstić information content (AvgIpc) is 3.04. The molecule has 3 rings (SSSR count). The maximum absolute atomic E-state index is 12.6. The maximum atomic E-state index is 12.6. The summed E-state index contributed by atoms with van der Waals surface area (Å²) in [7, 11) is 0. The lowest BCUT2D eigenvalue weighted by molar-refractivity contribution is -0.124. The molecular formula is C19H24N4O4. The number of anilines is 1. The maximum Gasteiger partial charge on any atom is 0.341 e. The van der Waals surface area contributed by atoms with Crippen molar-refractivity contribution in [1.82, 2.24) is 9.78 Å². The predicted octanol–water partition coefficient (Wildman–Crippen LogP) is 1.80. The molecule has 8 nitrogen and oxygen atoms in total. The quantitative estimate of drug-likeness (QED) is 0.775. The molecule has 1 saturated heterocycles. The van der Waals surface area contributed by atoms with E-state index in [1.165, 1.54) is 6.20 Å². The van der Waals surface area contributed by atoms with Gasteiger partial charge >= 0.3 is 5.97 Å². The Hall–Kier alpha value is -2.71. The van der Waals surface area contributed by atoms with Gasteiger partial charge in [0, 0.05) is 18.9 Å². The fraction of sp³-hybridized carbons (Fsp3) is 0.421. The molecule has 0 radical (unpaired) electrons. The number of amides is 1. The highest BCUT2D eigenvalue weighted by Gasteiger charge is 2.35. The van der Waals surface area contributed by atoms with Crippen molar-refractivity contribution in [1.29, 1.82) is 0 Å². The highest BCUT2D eigenvalue weighted by Crippen LogP contribution is 2.22. The van der Waals surface area contributed by atoms with Crippen LogP contribution in [-0.2, 0) is 14.3 Å². The molecule has 0 bridgehead atoms. The number of carbonyl (C=O) groups excluding carboxylic acids is 2. The summed E-state index contributed by atoms with van der Waals surface area (Å²) in [4.78, 5) is 24.6. The number of rotatable bonds is 5. The number of ether oxygens (including phenoxy) is 2. The molecule has 3 N–H and O–H groups in total. The molecule has 0 aliphatic carbocycles. The largest absolute Gasteiger partial charge is 0.462 e. The molecule has 27 heavy (non-hydrogen) atoms. The monoisotopic (exact) mass is 372 g/mol. The fourth-order valence-electron chi connectivity index (χ4n) is 3.01. The van der Waals surface area contributed by atoms with Crippen molar-refractivity contribution in [3.8, 4) is 5.69 Å². The van der Waals surface area contributed by atoms with Gasteiger partial charge in [0.2, 0.25) is 5.91 Å². The summed E-state index contributed by atoms with van der Waals surface area (Å²) in [5.41, 5.74) is 7.71. The van der Waals surface area contributed by atoms with E-state index in [2.05, 4.69) is 10.4 Å². The summed E-state index contributed by atoms with van der Waals surface area (Å²) < 4.78 is 12.0. The summed E-state index contributed by atoms with van der Waals surface area (Å²) in [6, 6.07) is 7.23. The molecule has 1 aliphatic heterocycles. The zero-order valence-corrected chi connectivity index (χ0v) is 15.5. The number of hydrogen-bond acceptors (Lipinski definition) is 6. The van der Waals surface area contributed by atoms with Crippen LogP contribution in [0.1, 0.15) is 35.8 Å². The van der Waals surface area contributed by atoms with Gasteiger partial charge in [0.05, 0.1) is 24.2 Å². The van der Waals surface area contributed by atoms with E-state index in [0.29, 0.717) is 49.6 Å². The van der Waals surface area contributed by atoms with Crippen molar-refractivity contribution in [2.45, 2.75) is 32.2 Å². The first-order valence-corrected chi connectivity index (χ1v) is 8.95. The molecule has 144 valence electrons. The van der Waals surface area contributed by atoms with E-state index in [0.717, 1.165) is 5.69 Å². The first-order valence-electron chi connectivity index (χ1n) is 8.95. The molecule has 1 aromatic carbocycles. The predicted molar refractivity (Wildman–Crippen MR) is 99.9 cm³/mol. The van der Waals surface area contributed by atoms with Gasteiger partial charge in [0.15, 0.2) is 0 Å². The van der Waals surface area contributed by atoms with Gasteiger partial charge < -0.3 is 20.5 Å². The zero-order valence-electron chi connectivity index (χ0n) is 15.5. The Morgan fingerprint density at radius 3 is 2.81 bits per heavy atom. The topological polar surface area (TPSA) is 108 Å². The van der Waals surface area contributed by atoms with E-state index in [9.17, 15) is 9.59 Å². The molecule has 0 saturated carbocycles. The van der Waals surface area contributed by atoms with Gasteiger partial charge in [-0.05, 0) is 44.9 Å². The summed E-state index contributed by atoms with van der Waals surface area (Å²) >= 11 is 0. The summed E-state index contributed by atoms with van der Waals surface area (Å²) in [5.74, 6) is -0.636. The fourth-order valence-corrected chi connectivity index (χ4v) is 3.01. The van der Waals surface area contributed by atoms with Crippen molar-refractivity contribution in [2.24, 2.45) is 5.73 Å². The Kier molecular flexibility index (Phi) is 5.57.